The van der Waals surface area contributed by atoms with E-state index in [1.807, 2.05) is 45.0 Å². The number of amides is 2. The van der Waals surface area contributed by atoms with Gasteiger partial charge < -0.3 is 20.1 Å². The number of rotatable bonds is 6. The molecule has 2 amide bonds. The highest BCUT2D eigenvalue weighted by molar-refractivity contribution is 5.86. The Bertz CT molecular complexity index is 1040. The number of carbonyl (C=O) groups is 3. The van der Waals surface area contributed by atoms with Crippen molar-refractivity contribution in [2.45, 2.75) is 51.6 Å². The maximum absolute atomic E-state index is 13.3. The van der Waals surface area contributed by atoms with Gasteiger partial charge in [0.1, 0.15) is 12.6 Å². The lowest BCUT2D eigenvalue weighted by Gasteiger charge is -2.39. The number of hydrogen-bond acceptors (Lipinski definition) is 4. The molecule has 4 rings (SSSR count). The standard InChI is InChI=1S/C27H32N2O5/c1-16(2)24(25(30)29-13-12-18(26(31)32)14-17(29)3)28-27(33)34-15-23-21-10-6-4-8-19(21)20-9-5-7-11-22(20)23/h4-11,16-18,23-24H,12-15H2,1-3H3,(H,28,33)(H,31,32)/t17-,18-,24+/m0/s1. The maximum Gasteiger partial charge on any atom is 0.407 e. The van der Waals surface area contributed by atoms with E-state index in [9.17, 15) is 19.5 Å². The van der Waals surface area contributed by atoms with Crippen LogP contribution in [-0.2, 0) is 14.3 Å². The van der Waals surface area contributed by atoms with E-state index in [-0.39, 0.29) is 30.4 Å². The van der Waals surface area contributed by atoms with Crippen LogP contribution in [0.1, 0.15) is 50.7 Å². The van der Waals surface area contributed by atoms with Crippen LogP contribution in [0.4, 0.5) is 4.79 Å². The first kappa shape index (κ1) is 23.8. The van der Waals surface area contributed by atoms with Gasteiger partial charge in [-0.2, -0.15) is 0 Å². The Labute approximate surface area is 200 Å². The topological polar surface area (TPSA) is 95.9 Å². The molecule has 180 valence electrons. The van der Waals surface area contributed by atoms with E-state index in [1.54, 1.807) is 4.90 Å². The summed E-state index contributed by atoms with van der Waals surface area (Å²) in [6, 6.07) is 15.3. The minimum absolute atomic E-state index is 0.0542. The van der Waals surface area contributed by atoms with Crippen molar-refractivity contribution in [2.75, 3.05) is 13.2 Å². The van der Waals surface area contributed by atoms with Crippen molar-refractivity contribution in [1.82, 2.24) is 10.2 Å². The van der Waals surface area contributed by atoms with Gasteiger partial charge in [0.2, 0.25) is 5.91 Å². The zero-order chi connectivity index (χ0) is 24.4. The summed E-state index contributed by atoms with van der Waals surface area (Å²) in [4.78, 5) is 39.0. The van der Waals surface area contributed by atoms with Gasteiger partial charge in [-0.15, -0.1) is 0 Å². The molecule has 2 aromatic carbocycles. The summed E-state index contributed by atoms with van der Waals surface area (Å²) in [5.41, 5.74) is 4.56. The second-order valence-corrected chi connectivity index (χ2v) is 9.63. The molecule has 0 unspecified atom stereocenters. The fourth-order valence-electron chi connectivity index (χ4n) is 5.18. The lowest BCUT2D eigenvalue weighted by atomic mass is 9.90. The predicted molar refractivity (Wildman–Crippen MR) is 128 cm³/mol. The molecule has 0 saturated carbocycles. The van der Waals surface area contributed by atoms with Crippen molar-refractivity contribution in [3.63, 3.8) is 0 Å². The van der Waals surface area contributed by atoms with Crippen molar-refractivity contribution >= 4 is 18.0 Å². The van der Waals surface area contributed by atoms with Gasteiger partial charge in [-0.25, -0.2) is 4.79 Å². The van der Waals surface area contributed by atoms with Crippen LogP contribution in [0, 0.1) is 11.8 Å². The van der Waals surface area contributed by atoms with Crippen molar-refractivity contribution in [1.29, 1.82) is 0 Å². The average Bonchev–Trinajstić information content (AvgIpc) is 3.14. The average molecular weight is 465 g/mol. The number of aliphatic carboxylic acids is 1. The van der Waals surface area contributed by atoms with E-state index in [1.165, 1.54) is 0 Å². The van der Waals surface area contributed by atoms with Crippen LogP contribution in [-0.4, -0.2) is 53.2 Å². The van der Waals surface area contributed by atoms with Gasteiger partial charge in [0.05, 0.1) is 5.92 Å². The Kier molecular flexibility index (Phi) is 6.91. The van der Waals surface area contributed by atoms with Gasteiger partial charge in [-0.3, -0.25) is 9.59 Å². The number of alkyl carbamates (subject to hydrolysis) is 1. The van der Waals surface area contributed by atoms with Crippen molar-refractivity contribution < 1.29 is 24.2 Å². The van der Waals surface area contributed by atoms with Crippen LogP contribution in [0.3, 0.4) is 0 Å². The molecule has 1 aliphatic carbocycles. The van der Waals surface area contributed by atoms with E-state index in [0.29, 0.717) is 19.4 Å². The van der Waals surface area contributed by atoms with Crippen LogP contribution >= 0.6 is 0 Å². The number of nitrogens with zero attached hydrogens (tertiary/aromatic N) is 1. The molecule has 3 atom stereocenters. The molecule has 7 heteroatoms. The zero-order valence-corrected chi connectivity index (χ0v) is 19.9. The number of nitrogens with one attached hydrogen (secondary N) is 1. The van der Waals surface area contributed by atoms with E-state index in [0.717, 1.165) is 22.3 Å². The molecule has 2 aromatic rings. The lowest BCUT2D eigenvalue weighted by Crippen LogP contribution is -2.56. The van der Waals surface area contributed by atoms with Gasteiger partial charge >= 0.3 is 12.1 Å². The molecular weight excluding hydrogens is 432 g/mol. The first-order valence-electron chi connectivity index (χ1n) is 11.9. The minimum Gasteiger partial charge on any atom is -0.481 e. The quantitative estimate of drug-likeness (QED) is 0.666. The highest BCUT2D eigenvalue weighted by Gasteiger charge is 2.37. The molecule has 0 aromatic heterocycles. The summed E-state index contributed by atoms with van der Waals surface area (Å²) in [5, 5.41) is 12.1. The number of piperidine rings is 1. The predicted octanol–water partition coefficient (Wildman–Crippen LogP) is 4.26. The molecule has 1 heterocycles. The summed E-state index contributed by atoms with van der Waals surface area (Å²) in [7, 11) is 0. The third kappa shape index (κ3) is 4.65. The molecule has 2 aliphatic rings. The van der Waals surface area contributed by atoms with Crippen LogP contribution in [0.2, 0.25) is 0 Å². The SMILES string of the molecule is CC(C)[C@@H](NC(=O)OCC1c2ccccc2-c2ccccc21)C(=O)N1CC[C@H](C(=O)O)C[C@@H]1C. The molecule has 1 saturated heterocycles. The first-order valence-corrected chi connectivity index (χ1v) is 11.9. The monoisotopic (exact) mass is 464 g/mol. The Balaban J connectivity index is 1.41. The third-order valence-corrected chi connectivity index (χ3v) is 7.06. The fraction of sp³-hybridized carbons (Fsp3) is 0.444. The molecule has 34 heavy (non-hydrogen) atoms. The summed E-state index contributed by atoms with van der Waals surface area (Å²) in [6.45, 7) is 6.16. The molecular formula is C27H32N2O5. The minimum atomic E-state index is -0.823. The van der Waals surface area contributed by atoms with E-state index in [2.05, 4.69) is 29.6 Å². The third-order valence-electron chi connectivity index (χ3n) is 7.06. The second kappa shape index (κ2) is 9.87. The number of benzene rings is 2. The van der Waals surface area contributed by atoms with Crippen LogP contribution in [0.15, 0.2) is 48.5 Å². The van der Waals surface area contributed by atoms with Gasteiger partial charge in [-0.1, -0.05) is 62.4 Å². The fourth-order valence-corrected chi connectivity index (χ4v) is 5.18. The zero-order valence-electron chi connectivity index (χ0n) is 19.9. The summed E-state index contributed by atoms with van der Waals surface area (Å²) in [6.07, 6.45) is 0.208. The van der Waals surface area contributed by atoms with E-state index in [4.69, 9.17) is 4.74 Å². The molecule has 0 radical (unpaired) electrons. The largest absolute Gasteiger partial charge is 0.481 e. The van der Waals surface area contributed by atoms with E-state index >= 15 is 0 Å². The van der Waals surface area contributed by atoms with Crippen LogP contribution < -0.4 is 5.32 Å². The number of fused-ring (bicyclic) bond motifs is 3. The molecule has 0 spiro atoms. The van der Waals surface area contributed by atoms with Crippen molar-refractivity contribution in [3.8, 4) is 11.1 Å². The number of ether oxygens (including phenoxy) is 1. The van der Waals surface area contributed by atoms with Gasteiger partial charge in [0.25, 0.3) is 0 Å². The molecule has 0 bridgehead atoms. The summed E-state index contributed by atoms with van der Waals surface area (Å²) < 4.78 is 5.63. The second-order valence-electron chi connectivity index (χ2n) is 9.63. The molecule has 2 N–H and O–H groups in total. The van der Waals surface area contributed by atoms with Crippen molar-refractivity contribution in [3.05, 3.63) is 59.7 Å². The number of hydrogen-bond donors (Lipinski definition) is 2. The molecule has 1 fully saturated rings. The van der Waals surface area contributed by atoms with Crippen LogP contribution in [0.25, 0.3) is 11.1 Å². The highest BCUT2D eigenvalue weighted by atomic mass is 16.5. The highest BCUT2D eigenvalue weighted by Crippen LogP contribution is 2.44. The first-order chi connectivity index (χ1) is 16.3. The van der Waals surface area contributed by atoms with Gasteiger partial charge in [-0.05, 0) is 47.9 Å². The van der Waals surface area contributed by atoms with Gasteiger partial charge in [0.15, 0.2) is 0 Å². The number of carboxylic acid groups (broad SMARTS) is 1. The summed E-state index contributed by atoms with van der Waals surface area (Å²) >= 11 is 0. The van der Waals surface area contributed by atoms with Crippen molar-refractivity contribution in [2.24, 2.45) is 11.8 Å². The number of carboxylic acids is 1. The number of carbonyl (C=O) groups excluding carboxylic acids is 2. The lowest BCUT2D eigenvalue weighted by molar-refractivity contribution is -0.148. The van der Waals surface area contributed by atoms with E-state index < -0.39 is 24.0 Å². The normalized spacial score (nSPS) is 20.4. The Hall–Kier alpha value is -3.35. The molecule has 7 nitrogen and oxygen atoms in total. The summed E-state index contributed by atoms with van der Waals surface area (Å²) in [5.74, 6) is -1.65. The number of likely N-dealkylation sites (tertiary alicyclic amines) is 1. The van der Waals surface area contributed by atoms with Gasteiger partial charge in [0, 0.05) is 18.5 Å². The smallest absolute Gasteiger partial charge is 0.407 e. The molecule has 1 aliphatic heterocycles. The Morgan fingerprint density at radius 1 is 1.06 bits per heavy atom. The Morgan fingerprint density at radius 3 is 2.18 bits per heavy atom. The maximum atomic E-state index is 13.3. The van der Waals surface area contributed by atoms with Crippen LogP contribution in [0.5, 0.6) is 0 Å². The Morgan fingerprint density at radius 2 is 1.65 bits per heavy atom.